The van der Waals surface area contributed by atoms with Crippen molar-refractivity contribution in [2.75, 3.05) is 38.2 Å². The van der Waals surface area contributed by atoms with Crippen molar-refractivity contribution >= 4 is 28.3 Å². The van der Waals surface area contributed by atoms with Gasteiger partial charge in [-0.15, -0.1) is 0 Å². The van der Waals surface area contributed by atoms with Gasteiger partial charge in [0.25, 0.3) is 5.91 Å². The molecular weight excluding hydrogens is 416 g/mol. The van der Waals surface area contributed by atoms with Crippen molar-refractivity contribution in [3.8, 4) is 11.3 Å². The monoisotopic (exact) mass is 440 g/mol. The number of ether oxygens (including phenoxy) is 1. The van der Waals surface area contributed by atoms with Crippen molar-refractivity contribution < 1.29 is 18.8 Å². The molecule has 1 fully saturated rings. The number of hydrogen-bond donors (Lipinski definition) is 0. The van der Waals surface area contributed by atoms with Gasteiger partial charge in [0.2, 0.25) is 0 Å². The van der Waals surface area contributed by atoms with E-state index in [4.69, 9.17) is 9.26 Å². The Kier molecular flexibility index (Phi) is 6.03. The summed E-state index contributed by atoms with van der Waals surface area (Å²) in [6.45, 7) is 6.24. The van der Waals surface area contributed by atoms with Crippen LogP contribution in [0.3, 0.4) is 0 Å². The third-order valence-electron chi connectivity index (χ3n) is 5.37. The second-order valence-corrected chi connectivity index (χ2v) is 8.29. The van der Waals surface area contributed by atoms with Crippen LogP contribution in [-0.4, -0.2) is 60.2 Å². The van der Waals surface area contributed by atoms with Gasteiger partial charge in [0.15, 0.2) is 16.6 Å². The summed E-state index contributed by atoms with van der Waals surface area (Å²) in [5.41, 5.74) is 3.11. The van der Waals surface area contributed by atoms with Gasteiger partial charge in [0.05, 0.1) is 12.8 Å². The first-order valence-electron chi connectivity index (χ1n) is 10.2. The summed E-state index contributed by atoms with van der Waals surface area (Å²) in [6.07, 6.45) is 0.969. The molecule has 2 aromatic heterocycles. The van der Waals surface area contributed by atoms with Crippen LogP contribution in [-0.2, 0) is 11.2 Å². The third kappa shape index (κ3) is 4.32. The number of aromatic nitrogens is 2. The molecule has 0 N–H and O–H groups in total. The topological polar surface area (TPSA) is 88.8 Å². The predicted octanol–water partition coefficient (Wildman–Crippen LogP) is 3.42. The van der Waals surface area contributed by atoms with Gasteiger partial charge in [0.1, 0.15) is 4.88 Å². The van der Waals surface area contributed by atoms with E-state index < -0.39 is 0 Å². The third-order valence-corrected chi connectivity index (χ3v) is 6.57. The fourth-order valence-electron chi connectivity index (χ4n) is 3.48. The molecule has 0 aliphatic carbocycles. The number of aryl methyl sites for hydroxylation is 2. The highest BCUT2D eigenvalue weighted by atomic mass is 32.1. The Labute approximate surface area is 184 Å². The number of hydrogen-bond acceptors (Lipinski definition) is 8. The van der Waals surface area contributed by atoms with Gasteiger partial charge in [-0.2, -0.15) is 0 Å². The zero-order valence-corrected chi connectivity index (χ0v) is 18.6. The van der Waals surface area contributed by atoms with E-state index in [9.17, 15) is 9.59 Å². The predicted molar refractivity (Wildman–Crippen MR) is 118 cm³/mol. The lowest BCUT2D eigenvalue weighted by Gasteiger charge is -2.34. The summed E-state index contributed by atoms with van der Waals surface area (Å²) in [5.74, 6) is 0.0601. The second-order valence-electron chi connectivity index (χ2n) is 7.31. The summed E-state index contributed by atoms with van der Waals surface area (Å²) in [6, 6.07) is 9.74. The van der Waals surface area contributed by atoms with Crippen molar-refractivity contribution in [2.45, 2.75) is 20.3 Å². The van der Waals surface area contributed by atoms with Gasteiger partial charge in [-0.3, -0.25) is 4.79 Å². The first-order chi connectivity index (χ1) is 15.0. The SMILES string of the molecule is CCc1ccc(-c2cc(C(=O)N3CCN(c4nc(C)c(C(=O)OC)s4)CC3)no2)cc1. The van der Waals surface area contributed by atoms with Crippen LogP contribution < -0.4 is 4.90 Å². The molecule has 0 bridgehead atoms. The van der Waals surface area contributed by atoms with E-state index in [0.717, 1.165) is 17.1 Å². The van der Waals surface area contributed by atoms with Crippen LogP contribution in [0.2, 0.25) is 0 Å². The lowest BCUT2D eigenvalue weighted by Crippen LogP contribution is -2.48. The molecule has 1 aromatic carbocycles. The molecule has 31 heavy (non-hydrogen) atoms. The number of carbonyl (C=O) groups is 2. The molecular formula is C22H24N4O4S. The Morgan fingerprint density at radius 2 is 1.87 bits per heavy atom. The Morgan fingerprint density at radius 3 is 2.52 bits per heavy atom. The van der Waals surface area contributed by atoms with Gasteiger partial charge < -0.3 is 19.1 Å². The molecule has 1 amide bonds. The highest BCUT2D eigenvalue weighted by molar-refractivity contribution is 7.17. The van der Waals surface area contributed by atoms with Crippen LogP contribution in [0.5, 0.6) is 0 Å². The van der Waals surface area contributed by atoms with Crippen LogP contribution >= 0.6 is 11.3 Å². The number of carbonyl (C=O) groups excluding carboxylic acids is 2. The standard InChI is InChI=1S/C22H24N4O4S/c1-4-15-5-7-16(8-6-15)18-13-17(24-30-18)20(27)25-9-11-26(12-10-25)22-23-14(2)19(31-22)21(28)29-3/h5-8,13H,4,9-12H2,1-3H3. The molecule has 0 radical (unpaired) electrons. The van der Waals surface area contributed by atoms with Crippen molar-refractivity contribution in [1.82, 2.24) is 15.0 Å². The van der Waals surface area contributed by atoms with Crippen molar-refractivity contribution in [2.24, 2.45) is 0 Å². The molecule has 9 heteroatoms. The molecule has 0 atom stereocenters. The summed E-state index contributed by atoms with van der Waals surface area (Å²) in [4.78, 5) is 33.6. The average molecular weight is 441 g/mol. The van der Waals surface area contributed by atoms with E-state index in [2.05, 4.69) is 22.0 Å². The van der Waals surface area contributed by atoms with E-state index >= 15 is 0 Å². The van der Waals surface area contributed by atoms with Crippen molar-refractivity contribution in [3.63, 3.8) is 0 Å². The lowest BCUT2D eigenvalue weighted by molar-refractivity contribution is 0.0604. The van der Waals surface area contributed by atoms with E-state index in [1.807, 2.05) is 24.3 Å². The molecule has 8 nitrogen and oxygen atoms in total. The van der Waals surface area contributed by atoms with Crippen LogP contribution in [0.4, 0.5) is 5.13 Å². The molecule has 0 unspecified atom stereocenters. The molecule has 0 spiro atoms. The van der Waals surface area contributed by atoms with Crippen LogP contribution in [0.15, 0.2) is 34.9 Å². The number of thiazole rings is 1. The molecule has 162 valence electrons. The number of nitrogens with zero attached hydrogens (tertiary/aromatic N) is 4. The van der Waals surface area contributed by atoms with Crippen molar-refractivity contribution in [3.05, 3.63) is 52.2 Å². The number of esters is 1. The molecule has 3 heterocycles. The molecule has 3 aromatic rings. The Hall–Kier alpha value is -3.20. The number of piperazine rings is 1. The first kappa shape index (κ1) is 21.0. The molecule has 1 aliphatic rings. The van der Waals surface area contributed by atoms with E-state index in [-0.39, 0.29) is 11.9 Å². The maximum absolute atomic E-state index is 12.9. The Morgan fingerprint density at radius 1 is 1.16 bits per heavy atom. The Balaban J connectivity index is 1.39. The summed E-state index contributed by atoms with van der Waals surface area (Å²) < 4.78 is 10.2. The largest absolute Gasteiger partial charge is 0.465 e. The minimum Gasteiger partial charge on any atom is -0.465 e. The highest BCUT2D eigenvalue weighted by Gasteiger charge is 2.27. The molecule has 1 saturated heterocycles. The van der Waals surface area contributed by atoms with Gasteiger partial charge in [-0.1, -0.05) is 47.7 Å². The van der Waals surface area contributed by atoms with Crippen molar-refractivity contribution in [1.29, 1.82) is 0 Å². The minimum absolute atomic E-state index is 0.148. The normalized spacial score (nSPS) is 14.0. The quantitative estimate of drug-likeness (QED) is 0.562. The van der Waals surface area contributed by atoms with E-state index in [1.54, 1.807) is 17.9 Å². The van der Waals surface area contributed by atoms with Crippen LogP contribution in [0.1, 0.15) is 38.3 Å². The zero-order valence-electron chi connectivity index (χ0n) is 17.8. The first-order valence-corrected chi connectivity index (χ1v) is 11.0. The second kappa shape index (κ2) is 8.89. The average Bonchev–Trinajstić information content (AvgIpc) is 3.45. The zero-order chi connectivity index (χ0) is 22.0. The number of amides is 1. The minimum atomic E-state index is -0.374. The molecule has 0 saturated carbocycles. The summed E-state index contributed by atoms with van der Waals surface area (Å²) in [7, 11) is 1.36. The van der Waals surface area contributed by atoms with Crippen LogP contribution in [0.25, 0.3) is 11.3 Å². The smallest absolute Gasteiger partial charge is 0.350 e. The van der Waals surface area contributed by atoms with Gasteiger partial charge >= 0.3 is 5.97 Å². The fourth-order valence-corrected chi connectivity index (χ4v) is 4.52. The van der Waals surface area contributed by atoms with Gasteiger partial charge in [-0.25, -0.2) is 9.78 Å². The van der Waals surface area contributed by atoms with E-state index in [0.29, 0.717) is 48.2 Å². The summed E-state index contributed by atoms with van der Waals surface area (Å²) in [5, 5.41) is 4.76. The number of anilines is 1. The maximum Gasteiger partial charge on any atom is 0.350 e. The number of methoxy groups -OCH3 is 1. The highest BCUT2D eigenvalue weighted by Crippen LogP contribution is 2.28. The molecule has 1 aliphatic heterocycles. The molecule has 4 rings (SSSR count). The Bertz CT molecular complexity index is 1080. The van der Waals surface area contributed by atoms with Gasteiger partial charge in [0, 0.05) is 37.8 Å². The maximum atomic E-state index is 12.9. The number of benzene rings is 1. The van der Waals surface area contributed by atoms with Crippen LogP contribution in [0, 0.1) is 6.92 Å². The van der Waals surface area contributed by atoms with E-state index in [1.165, 1.54) is 24.0 Å². The fraction of sp³-hybridized carbons (Fsp3) is 0.364. The summed E-state index contributed by atoms with van der Waals surface area (Å²) >= 11 is 1.32. The number of rotatable bonds is 5. The lowest BCUT2D eigenvalue weighted by atomic mass is 10.1. The van der Waals surface area contributed by atoms with Gasteiger partial charge in [-0.05, 0) is 18.9 Å².